The maximum atomic E-state index is 12.7. The van der Waals surface area contributed by atoms with Crippen molar-refractivity contribution in [2.75, 3.05) is 7.11 Å². The van der Waals surface area contributed by atoms with Gasteiger partial charge in [-0.05, 0) is 16.7 Å². The Morgan fingerprint density at radius 2 is 1.83 bits per heavy atom. The highest BCUT2D eigenvalue weighted by Crippen LogP contribution is 2.72. The second-order valence-corrected chi connectivity index (χ2v) is 7.34. The molecule has 2 aliphatic heterocycles. The normalized spacial score (nSPS) is 32.2. The molecule has 4 heteroatoms. The predicted octanol–water partition coefficient (Wildman–Crippen LogP) is 4.19. The summed E-state index contributed by atoms with van der Waals surface area (Å²) in [4.78, 5) is 12.7. The van der Waals surface area contributed by atoms with Gasteiger partial charge in [0.2, 0.25) is 0 Å². The quantitative estimate of drug-likeness (QED) is 0.730. The van der Waals surface area contributed by atoms with Crippen LogP contribution >= 0.6 is 15.9 Å². The molecule has 0 saturated carbocycles. The van der Waals surface area contributed by atoms with Crippen molar-refractivity contribution in [2.24, 2.45) is 11.8 Å². The van der Waals surface area contributed by atoms with E-state index in [2.05, 4.69) is 34.1 Å². The number of hydrogen-bond donors (Lipinski definition) is 0. The van der Waals surface area contributed by atoms with E-state index in [0.29, 0.717) is 0 Å². The average molecular weight is 383 g/mol. The van der Waals surface area contributed by atoms with Crippen LogP contribution in [-0.2, 0) is 19.9 Å². The summed E-state index contributed by atoms with van der Waals surface area (Å²) >= 11 is 3.75. The van der Waals surface area contributed by atoms with Gasteiger partial charge in [0.15, 0.2) is 5.60 Å². The molecule has 0 aromatic heterocycles. The van der Waals surface area contributed by atoms with Gasteiger partial charge in [0.05, 0.1) is 13.2 Å². The zero-order valence-corrected chi connectivity index (χ0v) is 14.6. The van der Waals surface area contributed by atoms with Gasteiger partial charge in [-0.25, -0.2) is 4.79 Å². The van der Waals surface area contributed by atoms with Crippen LogP contribution in [0.1, 0.15) is 22.8 Å². The fraction of sp³-hybridized carbons (Fsp3) is 0.250. The van der Waals surface area contributed by atoms with Crippen molar-refractivity contribution >= 4 is 27.5 Å². The SMILES string of the molecule is COC(=O)C12OC(c3ccccc31)C1C(c3ccccc3)=C(Br)C12. The van der Waals surface area contributed by atoms with E-state index >= 15 is 0 Å². The summed E-state index contributed by atoms with van der Waals surface area (Å²) in [6.45, 7) is 0. The van der Waals surface area contributed by atoms with Gasteiger partial charge < -0.3 is 9.47 Å². The summed E-state index contributed by atoms with van der Waals surface area (Å²) in [6.07, 6.45) is -0.0955. The number of ether oxygens (including phenoxy) is 2. The Balaban J connectivity index is 1.72. The smallest absolute Gasteiger partial charge is 0.343 e. The molecule has 3 nitrogen and oxygen atoms in total. The molecule has 4 unspecified atom stereocenters. The highest BCUT2D eigenvalue weighted by molar-refractivity contribution is 9.11. The minimum atomic E-state index is -1.02. The molecular formula is C20H15BrO3. The summed E-state index contributed by atoms with van der Waals surface area (Å²) in [5, 5.41) is 0. The van der Waals surface area contributed by atoms with Crippen molar-refractivity contribution in [3.63, 3.8) is 0 Å². The van der Waals surface area contributed by atoms with E-state index in [1.807, 2.05) is 36.4 Å². The largest absolute Gasteiger partial charge is 0.467 e. The summed E-state index contributed by atoms with van der Waals surface area (Å²) in [5.41, 5.74) is 3.47. The molecule has 0 spiro atoms. The monoisotopic (exact) mass is 382 g/mol. The molecule has 1 fully saturated rings. The second kappa shape index (κ2) is 4.80. The third-order valence-corrected chi connectivity index (χ3v) is 6.46. The number of carbonyl (C=O) groups excluding carboxylic acids is 1. The first kappa shape index (κ1) is 14.4. The van der Waals surface area contributed by atoms with Gasteiger partial charge in [0.1, 0.15) is 0 Å². The standard InChI is InChI=1S/C20H15BrO3/c1-23-19(22)20-13-10-6-5-9-12(13)18(24-20)15-14(17(21)16(15)20)11-7-3-2-4-8-11/h2-10,15-16,18H,1H3. The lowest BCUT2D eigenvalue weighted by atomic mass is 9.58. The fourth-order valence-corrected chi connectivity index (χ4v) is 5.72. The third-order valence-electron chi connectivity index (χ3n) is 5.54. The van der Waals surface area contributed by atoms with Crippen molar-refractivity contribution < 1.29 is 14.3 Å². The Bertz CT molecular complexity index is 889. The van der Waals surface area contributed by atoms with E-state index in [1.54, 1.807) is 0 Å². The molecule has 24 heavy (non-hydrogen) atoms. The van der Waals surface area contributed by atoms with Gasteiger partial charge in [-0.1, -0.05) is 70.5 Å². The molecular weight excluding hydrogens is 368 g/mol. The van der Waals surface area contributed by atoms with Gasteiger partial charge >= 0.3 is 5.97 Å². The highest BCUT2D eigenvalue weighted by Gasteiger charge is 2.72. The van der Waals surface area contributed by atoms with Crippen LogP contribution in [0.2, 0.25) is 0 Å². The Morgan fingerprint density at radius 3 is 2.58 bits per heavy atom. The summed E-state index contributed by atoms with van der Waals surface area (Å²) < 4.78 is 12.5. The molecule has 0 radical (unpaired) electrons. The Hall–Kier alpha value is -1.91. The van der Waals surface area contributed by atoms with Gasteiger partial charge in [-0.2, -0.15) is 0 Å². The number of carbonyl (C=O) groups is 1. The van der Waals surface area contributed by atoms with Crippen LogP contribution in [0.25, 0.3) is 5.57 Å². The molecule has 0 amide bonds. The molecule has 2 bridgehead atoms. The van der Waals surface area contributed by atoms with Crippen molar-refractivity contribution in [3.8, 4) is 0 Å². The Morgan fingerprint density at radius 1 is 1.12 bits per heavy atom. The van der Waals surface area contributed by atoms with Crippen LogP contribution < -0.4 is 0 Å². The summed E-state index contributed by atoms with van der Waals surface area (Å²) in [5.74, 6) is -0.148. The molecule has 4 atom stereocenters. The van der Waals surface area contributed by atoms with E-state index in [4.69, 9.17) is 9.47 Å². The molecule has 2 aromatic rings. The molecule has 2 aromatic carbocycles. The van der Waals surface area contributed by atoms with E-state index < -0.39 is 5.60 Å². The van der Waals surface area contributed by atoms with Crippen LogP contribution in [0, 0.1) is 11.8 Å². The molecule has 1 saturated heterocycles. The first-order valence-electron chi connectivity index (χ1n) is 8.00. The van der Waals surface area contributed by atoms with Crippen LogP contribution in [0.5, 0.6) is 0 Å². The van der Waals surface area contributed by atoms with Crippen LogP contribution in [0.3, 0.4) is 0 Å². The Kier molecular flexibility index (Phi) is 2.89. The second-order valence-electron chi connectivity index (χ2n) is 6.48. The number of esters is 1. The fourth-order valence-electron chi connectivity index (χ4n) is 4.62. The predicted molar refractivity (Wildman–Crippen MR) is 93.2 cm³/mol. The van der Waals surface area contributed by atoms with Gasteiger partial charge in [0.25, 0.3) is 0 Å². The maximum absolute atomic E-state index is 12.7. The lowest BCUT2D eigenvalue weighted by Gasteiger charge is -2.44. The number of halogens is 1. The first-order valence-corrected chi connectivity index (χ1v) is 8.80. The Labute approximate surface area is 148 Å². The topological polar surface area (TPSA) is 35.5 Å². The molecule has 1 aliphatic carbocycles. The zero-order valence-electron chi connectivity index (χ0n) is 13.0. The molecule has 120 valence electrons. The molecule has 3 aliphatic rings. The van der Waals surface area contributed by atoms with Crippen LogP contribution in [0.4, 0.5) is 0 Å². The number of benzene rings is 2. The molecule has 0 N–H and O–H groups in total. The van der Waals surface area contributed by atoms with Crippen LogP contribution in [0.15, 0.2) is 59.1 Å². The first-order chi connectivity index (χ1) is 11.7. The van der Waals surface area contributed by atoms with E-state index in [1.165, 1.54) is 18.2 Å². The zero-order chi connectivity index (χ0) is 16.5. The summed E-state index contributed by atoms with van der Waals surface area (Å²) in [7, 11) is 1.43. The van der Waals surface area contributed by atoms with Gasteiger partial charge in [-0.3, -0.25) is 0 Å². The maximum Gasteiger partial charge on any atom is 0.343 e. The van der Waals surface area contributed by atoms with Crippen LogP contribution in [-0.4, -0.2) is 13.1 Å². The number of rotatable bonds is 2. The van der Waals surface area contributed by atoms with E-state index in [9.17, 15) is 4.79 Å². The number of hydrogen-bond acceptors (Lipinski definition) is 3. The van der Waals surface area contributed by atoms with E-state index in [0.717, 1.165) is 15.6 Å². The average Bonchev–Trinajstić information content (AvgIpc) is 3.11. The van der Waals surface area contributed by atoms with Gasteiger partial charge in [-0.15, -0.1) is 0 Å². The van der Waals surface area contributed by atoms with Crippen molar-refractivity contribution in [1.82, 2.24) is 0 Å². The molecule has 5 rings (SSSR count). The minimum absolute atomic E-state index is 0.0138. The highest BCUT2D eigenvalue weighted by atomic mass is 79.9. The lowest BCUT2D eigenvalue weighted by molar-refractivity contribution is -0.169. The van der Waals surface area contributed by atoms with E-state index in [-0.39, 0.29) is 23.9 Å². The summed E-state index contributed by atoms with van der Waals surface area (Å²) in [6, 6.07) is 18.3. The number of fused-ring (bicyclic) bond motifs is 8. The van der Waals surface area contributed by atoms with Crippen molar-refractivity contribution in [1.29, 1.82) is 0 Å². The third kappa shape index (κ3) is 1.49. The number of methoxy groups -OCH3 is 1. The van der Waals surface area contributed by atoms with Crippen molar-refractivity contribution in [2.45, 2.75) is 11.7 Å². The minimum Gasteiger partial charge on any atom is -0.467 e. The lowest BCUT2D eigenvalue weighted by Crippen LogP contribution is -2.47. The van der Waals surface area contributed by atoms with Crippen molar-refractivity contribution in [3.05, 3.63) is 75.8 Å². The van der Waals surface area contributed by atoms with Gasteiger partial charge in [0, 0.05) is 21.9 Å². The molecule has 2 heterocycles.